The van der Waals surface area contributed by atoms with Crippen LogP contribution in [0.1, 0.15) is 31.7 Å². The summed E-state index contributed by atoms with van der Waals surface area (Å²) in [4.78, 5) is 12.3. The molecule has 2 aliphatic rings. The van der Waals surface area contributed by atoms with Crippen LogP contribution in [0.5, 0.6) is 0 Å². The second-order valence-corrected chi connectivity index (χ2v) is 5.08. The lowest BCUT2D eigenvalue weighted by Crippen LogP contribution is -2.43. The number of carbonyl (C=O) groups is 1. The molecule has 1 fully saturated rings. The smallest absolute Gasteiger partial charge is 0.235 e. The van der Waals surface area contributed by atoms with Crippen LogP contribution in [-0.4, -0.2) is 18.6 Å². The summed E-state index contributed by atoms with van der Waals surface area (Å²) in [6.45, 7) is 2.60. The monoisotopic (exact) mass is 249 g/mol. The van der Waals surface area contributed by atoms with Crippen LogP contribution in [0, 0.1) is 5.82 Å². The van der Waals surface area contributed by atoms with Gasteiger partial charge in [-0.25, -0.2) is 4.39 Å². The SMILES string of the molecule is CCC1CC2(CCO1)C(=O)Nc1ccc(F)cc12. The van der Waals surface area contributed by atoms with E-state index in [0.717, 1.165) is 17.7 Å². The molecule has 1 spiro atoms. The van der Waals surface area contributed by atoms with E-state index in [1.807, 2.05) is 6.92 Å². The van der Waals surface area contributed by atoms with Crippen molar-refractivity contribution in [1.82, 2.24) is 0 Å². The minimum atomic E-state index is -0.587. The number of carbonyl (C=O) groups excluding carboxylic acids is 1. The van der Waals surface area contributed by atoms with Crippen LogP contribution in [0.25, 0.3) is 0 Å². The van der Waals surface area contributed by atoms with Gasteiger partial charge in [-0.05, 0) is 43.0 Å². The molecule has 96 valence electrons. The van der Waals surface area contributed by atoms with Crippen molar-refractivity contribution in [2.45, 2.75) is 37.7 Å². The first-order valence-corrected chi connectivity index (χ1v) is 6.39. The van der Waals surface area contributed by atoms with Gasteiger partial charge < -0.3 is 10.1 Å². The molecule has 2 unspecified atom stereocenters. The summed E-state index contributed by atoms with van der Waals surface area (Å²) in [5.74, 6) is -0.297. The van der Waals surface area contributed by atoms with E-state index in [9.17, 15) is 9.18 Å². The molecular weight excluding hydrogens is 233 g/mol. The Hall–Kier alpha value is -1.42. The molecule has 3 nitrogen and oxygen atoms in total. The van der Waals surface area contributed by atoms with Gasteiger partial charge in [0.05, 0.1) is 11.5 Å². The first-order chi connectivity index (χ1) is 8.65. The van der Waals surface area contributed by atoms with E-state index in [0.29, 0.717) is 19.4 Å². The van der Waals surface area contributed by atoms with E-state index in [1.165, 1.54) is 12.1 Å². The second-order valence-electron chi connectivity index (χ2n) is 5.08. The number of ether oxygens (including phenoxy) is 1. The fourth-order valence-corrected chi connectivity index (χ4v) is 3.05. The quantitative estimate of drug-likeness (QED) is 0.830. The van der Waals surface area contributed by atoms with Gasteiger partial charge in [0.25, 0.3) is 0 Å². The molecule has 1 amide bonds. The second kappa shape index (κ2) is 4.05. The summed E-state index contributed by atoms with van der Waals surface area (Å²) in [6.07, 6.45) is 2.23. The highest BCUT2D eigenvalue weighted by Gasteiger charge is 2.49. The van der Waals surface area contributed by atoms with Gasteiger partial charge in [-0.3, -0.25) is 4.79 Å². The standard InChI is InChI=1S/C14H16FNO2/c1-2-10-8-14(5-6-18-10)11-7-9(15)3-4-12(11)16-13(14)17/h3-4,7,10H,2,5-6,8H2,1H3,(H,16,17). The third-order valence-corrected chi connectivity index (χ3v) is 4.09. The van der Waals surface area contributed by atoms with Gasteiger partial charge in [-0.1, -0.05) is 6.92 Å². The Morgan fingerprint density at radius 2 is 2.39 bits per heavy atom. The fraction of sp³-hybridized carbons (Fsp3) is 0.500. The van der Waals surface area contributed by atoms with Crippen LogP contribution in [0.2, 0.25) is 0 Å². The zero-order valence-corrected chi connectivity index (χ0v) is 10.3. The van der Waals surface area contributed by atoms with Gasteiger partial charge in [-0.15, -0.1) is 0 Å². The summed E-state index contributed by atoms with van der Waals surface area (Å²) >= 11 is 0. The third-order valence-electron chi connectivity index (χ3n) is 4.09. The van der Waals surface area contributed by atoms with E-state index in [1.54, 1.807) is 6.07 Å². The highest BCUT2D eigenvalue weighted by atomic mass is 19.1. The molecule has 1 aromatic rings. The number of hydrogen-bond acceptors (Lipinski definition) is 2. The van der Waals surface area contributed by atoms with E-state index in [2.05, 4.69) is 5.32 Å². The van der Waals surface area contributed by atoms with Crippen LogP contribution in [0.4, 0.5) is 10.1 Å². The van der Waals surface area contributed by atoms with E-state index >= 15 is 0 Å². The van der Waals surface area contributed by atoms with Crippen molar-refractivity contribution >= 4 is 11.6 Å². The molecule has 2 heterocycles. The molecule has 0 radical (unpaired) electrons. The van der Waals surface area contributed by atoms with Crippen molar-refractivity contribution in [2.75, 3.05) is 11.9 Å². The minimum Gasteiger partial charge on any atom is -0.378 e. The lowest BCUT2D eigenvalue weighted by molar-refractivity contribution is -0.126. The van der Waals surface area contributed by atoms with Crippen LogP contribution in [0.15, 0.2) is 18.2 Å². The molecule has 0 bridgehead atoms. The Bertz CT molecular complexity index is 503. The predicted molar refractivity (Wildman–Crippen MR) is 66.0 cm³/mol. The topological polar surface area (TPSA) is 38.3 Å². The van der Waals surface area contributed by atoms with Crippen molar-refractivity contribution in [2.24, 2.45) is 0 Å². The van der Waals surface area contributed by atoms with Crippen LogP contribution in [0.3, 0.4) is 0 Å². The maximum absolute atomic E-state index is 13.4. The normalized spacial score (nSPS) is 30.3. The molecule has 4 heteroatoms. The molecule has 2 aliphatic heterocycles. The van der Waals surface area contributed by atoms with Crippen molar-refractivity contribution < 1.29 is 13.9 Å². The molecule has 18 heavy (non-hydrogen) atoms. The van der Waals surface area contributed by atoms with Gasteiger partial charge in [0, 0.05) is 12.3 Å². The largest absolute Gasteiger partial charge is 0.378 e. The van der Waals surface area contributed by atoms with Crippen LogP contribution in [-0.2, 0) is 14.9 Å². The maximum Gasteiger partial charge on any atom is 0.235 e. The van der Waals surface area contributed by atoms with Gasteiger partial charge in [0.15, 0.2) is 0 Å². The lowest BCUT2D eigenvalue weighted by atomic mass is 9.73. The lowest BCUT2D eigenvalue weighted by Gasteiger charge is -2.36. The van der Waals surface area contributed by atoms with Crippen molar-refractivity contribution in [1.29, 1.82) is 0 Å². The summed E-state index contributed by atoms with van der Waals surface area (Å²) < 4.78 is 19.1. The third kappa shape index (κ3) is 1.56. The Morgan fingerprint density at radius 1 is 1.56 bits per heavy atom. The minimum absolute atomic E-state index is 0.00940. The highest BCUT2D eigenvalue weighted by Crippen LogP contribution is 2.46. The molecule has 0 aliphatic carbocycles. The number of nitrogens with one attached hydrogen (secondary N) is 1. The zero-order valence-electron chi connectivity index (χ0n) is 10.3. The van der Waals surface area contributed by atoms with Crippen LogP contribution < -0.4 is 5.32 Å². The number of benzene rings is 1. The number of rotatable bonds is 1. The van der Waals surface area contributed by atoms with Gasteiger partial charge in [-0.2, -0.15) is 0 Å². The van der Waals surface area contributed by atoms with Crippen molar-refractivity contribution in [3.8, 4) is 0 Å². The Morgan fingerprint density at radius 3 is 3.17 bits per heavy atom. The molecule has 0 aromatic heterocycles. The van der Waals surface area contributed by atoms with Gasteiger partial charge >= 0.3 is 0 Å². The van der Waals surface area contributed by atoms with Gasteiger partial charge in [0.1, 0.15) is 5.82 Å². The van der Waals surface area contributed by atoms with E-state index in [4.69, 9.17) is 4.74 Å². The summed E-state index contributed by atoms with van der Waals surface area (Å²) in [5, 5.41) is 2.87. The van der Waals surface area contributed by atoms with Crippen molar-refractivity contribution in [3.63, 3.8) is 0 Å². The number of halogens is 1. The Kier molecular flexibility index (Phi) is 2.63. The maximum atomic E-state index is 13.4. The first-order valence-electron chi connectivity index (χ1n) is 6.39. The summed E-state index contributed by atoms with van der Waals surface area (Å²) in [5.41, 5.74) is 0.962. The Labute approximate surface area is 105 Å². The summed E-state index contributed by atoms with van der Waals surface area (Å²) in [7, 11) is 0. The zero-order chi connectivity index (χ0) is 12.8. The summed E-state index contributed by atoms with van der Waals surface area (Å²) in [6, 6.07) is 4.52. The van der Waals surface area contributed by atoms with Crippen molar-refractivity contribution in [3.05, 3.63) is 29.6 Å². The molecule has 0 saturated carbocycles. The average Bonchev–Trinajstić information content (AvgIpc) is 2.63. The average molecular weight is 249 g/mol. The Balaban J connectivity index is 2.06. The molecule has 1 N–H and O–H groups in total. The predicted octanol–water partition coefficient (Wildman–Crippen LogP) is 2.60. The van der Waals surface area contributed by atoms with Crippen LogP contribution >= 0.6 is 0 Å². The van der Waals surface area contributed by atoms with E-state index in [-0.39, 0.29) is 17.8 Å². The molecule has 3 rings (SSSR count). The van der Waals surface area contributed by atoms with E-state index < -0.39 is 5.41 Å². The first kappa shape index (κ1) is 11.7. The molecular formula is C14H16FNO2. The fourth-order valence-electron chi connectivity index (χ4n) is 3.05. The number of hydrogen-bond donors (Lipinski definition) is 1. The molecule has 2 atom stereocenters. The number of anilines is 1. The van der Waals surface area contributed by atoms with Gasteiger partial charge in [0.2, 0.25) is 5.91 Å². The number of fused-ring (bicyclic) bond motifs is 2. The molecule has 1 aromatic carbocycles. The molecule has 1 saturated heterocycles. The highest BCUT2D eigenvalue weighted by molar-refractivity contribution is 6.06. The number of amides is 1.